The van der Waals surface area contributed by atoms with Crippen LogP contribution in [-0.4, -0.2) is 41.1 Å². The van der Waals surface area contributed by atoms with E-state index in [-0.39, 0.29) is 25.0 Å². The highest BCUT2D eigenvalue weighted by atomic mass is 16.5. The van der Waals surface area contributed by atoms with Crippen LogP contribution in [0.15, 0.2) is 72.8 Å². The van der Waals surface area contributed by atoms with Gasteiger partial charge in [0.25, 0.3) is 5.91 Å². The van der Waals surface area contributed by atoms with Crippen molar-refractivity contribution >= 4 is 11.9 Å². The van der Waals surface area contributed by atoms with Crippen LogP contribution in [0.25, 0.3) is 0 Å². The first-order valence-corrected chi connectivity index (χ1v) is 12.7. The number of carbonyl (C=O) groups excluding carboxylic acids is 1. The molecule has 2 atom stereocenters. The van der Waals surface area contributed by atoms with Crippen molar-refractivity contribution in [3.05, 3.63) is 89.5 Å². The molecule has 37 heavy (non-hydrogen) atoms. The summed E-state index contributed by atoms with van der Waals surface area (Å²) in [5, 5.41) is 10.2. The normalized spacial score (nSPS) is 18.2. The van der Waals surface area contributed by atoms with Gasteiger partial charge in [0.15, 0.2) is 17.6 Å². The Kier molecular flexibility index (Phi) is 7.42. The third kappa shape index (κ3) is 5.32. The highest BCUT2D eigenvalue weighted by Gasteiger charge is 2.41. The number of methoxy groups -OCH3 is 1. The van der Waals surface area contributed by atoms with Crippen LogP contribution in [0.4, 0.5) is 0 Å². The van der Waals surface area contributed by atoms with Crippen LogP contribution in [0.1, 0.15) is 48.5 Å². The molecule has 1 aliphatic carbocycles. The lowest BCUT2D eigenvalue weighted by Gasteiger charge is -2.37. The van der Waals surface area contributed by atoms with Gasteiger partial charge in [0.2, 0.25) is 0 Å². The minimum Gasteiger partial charge on any atom is -0.493 e. The molecular formula is C30H31NO6. The summed E-state index contributed by atoms with van der Waals surface area (Å²) in [5.41, 5.74) is 2.29. The molecule has 0 aromatic heterocycles. The molecule has 0 saturated heterocycles. The number of aliphatic carboxylic acids is 1. The number of benzene rings is 3. The zero-order valence-corrected chi connectivity index (χ0v) is 20.8. The van der Waals surface area contributed by atoms with Crippen molar-refractivity contribution < 1.29 is 28.9 Å². The van der Waals surface area contributed by atoms with Crippen LogP contribution in [-0.2, 0) is 27.3 Å². The highest BCUT2D eigenvalue weighted by molar-refractivity contribution is 5.88. The van der Waals surface area contributed by atoms with Crippen molar-refractivity contribution in [2.45, 2.75) is 56.9 Å². The van der Waals surface area contributed by atoms with E-state index < -0.39 is 18.1 Å². The van der Waals surface area contributed by atoms with Gasteiger partial charge >= 0.3 is 5.97 Å². The summed E-state index contributed by atoms with van der Waals surface area (Å²) in [6.45, 7) is 0.137. The number of para-hydroxylation sites is 1. The van der Waals surface area contributed by atoms with E-state index in [1.165, 1.54) is 4.90 Å². The second kappa shape index (κ2) is 11.0. The Hall–Kier alpha value is -3.84. The van der Waals surface area contributed by atoms with Gasteiger partial charge in [-0.15, -0.1) is 0 Å². The molecule has 1 saturated carbocycles. The lowest BCUT2D eigenvalue weighted by Crippen LogP contribution is -2.50. The molecule has 2 aliphatic rings. The van der Waals surface area contributed by atoms with Crippen LogP contribution >= 0.6 is 0 Å². The van der Waals surface area contributed by atoms with Gasteiger partial charge in [-0.3, -0.25) is 4.79 Å². The second-order valence-corrected chi connectivity index (χ2v) is 9.51. The third-order valence-corrected chi connectivity index (χ3v) is 7.14. The van der Waals surface area contributed by atoms with Crippen LogP contribution in [0, 0.1) is 0 Å². The van der Waals surface area contributed by atoms with E-state index in [2.05, 4.69) is 0 Å². The molecule has 192 valence electrons. The molecule has 3 aromatic carbocycles. The number of carboxylic acid groups (broad SMARTS) is 1. The van der Waals surface area contributed by atoms with E-state index >= 15 is 0 Å². The summed E-state index contributed by atoms with van der Waals surface area (Å²) >= 11 is 0. The van der Waals surface area contributed by atoms with Crippen molar-refractivity contribution in [2.75, 3.05) is 7.11 Å². The molecule has 0 unspecified atom stereocenters. The van der Waals surface area contributed by atoms with E-state index in [0.717, 1.165) is 42.4 Å². The SMILES string of the molecule is COc1ccc2c(c1Oc1ccccc1)C[C@H](C(=O)O)N(C(=O)[C@@H](OC1CCCC1)c1ccccc1)C2. The number of ether oxygens (including phenoxy) is 3. The predicted octanol–water partition coefficient (Wildman–Crippen LogP) is 5.53. The number of hydrogen-bond acceptors (Lipinski definition) is 5. The fraction of sp³-hybridized carbons (Fsp3) is 0.333. The number of fused-ring (bicyclic) bond motifs is 1. The third-order valence-electron chi connectivity index (χ3n) is 7.14. The molecule has 7 heteroatoms. The second-order valence-electron chi connectivity index (χ2n) is 9.51. The van der Waals surface area contributed by atoms with Gasteiger partial charge in [0.1, 0.15) is 11.8 Å². The average molecular weight is 502 g/mol. The van der Waals surface area contributed by atoms with Crippen molar-refractivity contribution in [3.8, 4) is 17.2 Å². The molecule has 0 bridgehead atoms. The Morgan fingerprint density at radius 2 is 1.62 bits per heavy atom. The fourth-order valence-corrected chi connectivity index (χ4v) is 5.22. The number of hydrogen-bond donors (Lipinski definition) is 1. The van der Waals surface area contributed by atoms with Crippen molar-refractivity contribution in [1.82, 2.24) is 4.90 Å². The van der Waals surface area contributed by atoms with E-state index in [1.54, 1.807) is 13.2 Å². The number of carboxylic acids is 1. The minimum atomic E-state index is -1.07. The quantitative estimate of drug-likeness (QED) is 0.437. The summed E-state index contributed by atoms with van der Waals surface area (Å²) in [4.78, 5) is 27.9. The first-order valence-electron chi connectivity index (χ1n) is 12.7. The highest BCUT2D eigenvalue weighted by Crippen LogP contribution is 2.41. The minimum absolute atomic E-state index is 0.00959. The smallest absolute Gasteiger partial charge is 0.326 e. The van der Waals surface area contributed by atoms with Crippen molar-refractivity contribution in [1.29, 1.82) is 0 Å². The molecule has 5 rings (SSSR count). The Labute approximate surface area is 216 Å². The average Bonchev–Trinajstić information content (AvgIpc) is 3.45. The predicted molar refractivity (Wildman–Crippen MR) is 138 cm³/mol. The molecule has 3 aromatic rings. The lowest BCUT2D eigenvalue weighted by atomic mass is 9.91. The monoisotopic (exact) mass is 501 g/mol. The molecule has 1 aliphatic heterocycles. The van der Waals surface area contributed by atoms with Crippen LogP contribution < -0.4 is 9.47 Å². The van der Waals surface area contributed by atoms with Crippen LogP contribution in [0.3, 0.4) is 0 Å². The van der Waals surface area contributed by atoms with Gasteiger partial charge in [-0.05, 0) is 42.2 Å². The molecule has 7 nitrogen and oxygen atoms in total. The lowest BCUT2D eigenvalue weighted by molar-refractivity contribution is -0.160. The van der Waals surface area contributed by atoms with Gasteiger partial charge < -0.3 is 24.2 Å². The maximum Gasteiger partial charge on any atom is 0.326 e. The van der Waals surface area contributed by atoms with E-state index in [4.69, 9.17) is 14.2 Å². The van der Waals surface area contributed by atoms with Crippen molar-refractivity contribution in [2.24, 2.45) is 0 Å². The zero-order chi connectivity index (χ0) is 25.8. The van der Waals surface area contributed by atoms with Crippen LogP contribution in [0.5, 0.6) is 17.2 Å². The molecule has 1 fully saturated rings. The van der Waals surface area contributed by atoms with Gasteiger partial charge in [0.05, 0.1) is 13.2 Å². The van der Waals surface area contributed by atoms with Gasteiger partial charge in [0, 0.05) is 18.5 Å². The maximum absolute atomic E-state index is 14.0. The molecular weight excluding hydrogens is 470 g/mol. The molecule has 0 radical (unpaired) electrons. The standard InChI is InChI=1S/C30H31NO6/c1-35-26-17-16-21-19-31(25(30(33)34)18-24(21)28(26)37-23-12-6-3-7-13-23)29(32)27(20-10-4-2-5-11-20)36-22-14-8-9-15-22/h2-7,10-13,16-17,22,25,27H,8-9,14-15,18-19H2,1H3,(H,33,34)/t25-,27+/m1/s1. The number of carbonyl (C=O) groups is 2. The fourth-order valence-electron chi connectivity index (χ4n) is 5.22. The van der Waals surface area contributed by atoms with E-state index in [1.807, 2.05) is 66.7 Å². The summed E-state index contributed by atoms with van der Waals surface area (Å²) < 4.78 is 18.1. The summed E-state index contributed by atoms with van der Waals surface area (Å²) in [6.07, 6.45) is 3.18. The number of amides is 1. The topological polar surface area (TPSA) is 85.3 Å². The Bertz CT molecular complexity index is 1240. The van der Waals surface area contributed by atoms with Gasteiger partial charge in [-0.2, -0.15) is 0 Å². The van der Waals surface area contributed by atoms with E-state index in [9.17, 15) is 14.7 Å². The summed E-state index contributed by atoms with van der Waals surface area (Å²) in [7, 11) is 1.55. The number of nitrogens with zero attached hydrogens (tertiary/aromatic N) is 1. The first kappa shape index (κ1) is 24.8. The maximum atomic E-state index is 14.0. The molecule has 0 spiro atoms. The van der Waals surface area contributed by atoms with E-state index in [0.29, 0.717) is 17.2 Å². The molecule has 1 N–H and O–H groups in total. The molecule has 1 heterocycles. The summed E-state index contributed by atoms with van der Waals surface area (Å²) in [6, 6.07) is 21.2. The first-order chi connectivity index (χ1) is 18.0. The van der Waals surface area contributed by atoms with Gasteiger partial charge in [-0.1, -0.05) is 67.4 Å². The molecule has 1 amide bonds. The largest absolute Gasteiger partial charge is 0.493 e. The summed E-state index contributed by atoms with van der Waals surface area (Å²) in [5.74, 6) is 0.205. The Balaban J connectivity index is 1.50. The Morgan fingerprint density at radius 1 is 0.946 bits per heavy atom. The van der Waals surface area contributed by atoms with Gasteiger partial charge in [-0.25, -0.2) is 4.79 Å². The Morgan fingerprint density at radius 3 is 2.27 bits per heavy atom. The van der Waals surface area contributed by atoms with Crippen molar-refractivity contribution in [3.63, 3.8) is 0 Å². The zero-order valence-electron chi connectivity index (χ0n) is 20.8. The van der Waals surface area contributed by atoms with Crippen LogP contribution in [0.2, 0.25) is 0 Å². The number of rotatable bonds is 8.